The summed E-state index contributed by atoms with van der Waals surface area (Å²) in [5.74, 6) is -1.22. The van der Waals surface area contributed by atoms with Crippen molar-refractivity contribution in [1.29, 1.82) is 5.26 Å². The number of nitrogens with zero attached hydrogens (tertiary/aromatic N) is 6. The van der Waals surface area contributed by atoms with Gasteiger partial charge in [-0.1, -0.05) is 12.1 Å². The van der Waals surface area contributed by atoms with Crippen molar-refractivity contribution in [2.45, 2.75) is 58.8 Å². The van der Waals surface area contributed by atoms with Crippen LogP contribution in [0.25, 0.3) is 0 Å². The van der Waals surface area contributed by atoms with E-state index in [0.29, 0.717) is 78.8 Å². The Hall–Kier alpha value is -3.70. The van der Waals surface area contributed by atoms with Gasteiger partial charge in [0.15, 0.2) is 10.8 Å². The van der Waals surface area contributed by atoms with E-state index in [9.17, 15) is 24.3 Å². The number of aliphatic imine (C=N–C) groups is 1. The van der Waals surface area contributed by atoms with Crippen molar-refractivity contribution in [2.24, 2.45) is 10.4 Å². The van der Waals surface area contributed by atoms with E-state index in [1.807, 2.05) is 5.38 Å². The molecule has 3 aliphatic rings. The highest BCUT2D eigenvalue weighted by Gasteiger charge is 2.45. The van der Waals surface area contributed by atoms with Crippen molar-refractivity contribution < 1.29 is 23.8 Å². The molecule has 1 aromatic carbocycles. The number of amidine groups is 1. The SMILES string of the molecule is CCOC(=O)C1=C(CN2CCN3C(C2)CN(CC(C)(C)C(=O)O)C3CCC#N)NC(c2nccs2)=N[C@H]1c1cccc(F)c1C. The molecule has 0 radical (unpaired) electrons. The van der Waals surface area contributed by atoms with Gasteiger partial charge < -0.3 is 15.2 Å². The Morgan fingerprint density at radius 1 is 1.29 bits per heavy atom. The summed E-state index contributed by atoms with van der Waals surface area (Å²) in [4.78, 5) is 41.7. The highest BCUT2D eigenvalue weighted by atomic mass is 32.1. The monoisotopic (exact) mass is 637 g/mol. The first-order valence-corrected chi connectivity index (χ1v) is 16.1. The van der Waals surface area contributed by atoms with Gasteiger partial charge in [-0.15, -0.1) is 11.3 Å². The number of rotatable bonds is 11. The third-order valence-electron chi connectivity index (χ3n) is 8.80. The van der Waals surface area contributed by atoms with Crippen LogP contribution in [0.15, 0.2) is 46.0 Å². The molecule has 2 fully saturated rings. The van der Waals surface area contributed by atoms with Gasteiger partial charge in [0, 0.05) is 69.0 Å². The molecule has 2 saturated heterocycles. The number of carboxylic acid groups (broad SMARTS) is 1. The maximum absolute atomic E-state index is 14.8. The molecule has 0 spiro atoms. The molecule has 2 N–H and O–H groups in total. The molecule has 0 saturated carbocycles. The highest BCUT2D eigenvalue weighted by molar-refractivity contribution is 7.11. The maximum Gasteiger partial charge on any atom is 0.338 e. The van der Waals surface area contributed by atoms with E-state index in [0.717, 1.165) is 6.54 Å². The first-order valence-electron chi connectivity index (χ1n) is 15.3. The summed E-state index contributed by atoms with van der Waals surface area (Å²) < 4.78 is 20.3. The van der Waals surface area contributed by atoms with Crippen LogP contribution in [0, 0.1) is 29.5 Å². The minimum atomic E-state index is -0.930. The number of piperazine rings is 1. The van der Waals surface area contributed by atoms with Crippen LogP contribution in [0.4, 0.5) is 4.39 Å². The van der Waals surface area contributed by atoms with Crippen LogP contribution >= 0.6 is 11.3 Å². The normalized spacial score (nSPS) is 22.8. The number of fused-ring (bicyclic) bond motifs is 1. The molecule has 2 aromatic rings. The summed E-state index contributed by atoms with van der Waals surface area (Å²) in [5, 5.41) is 25.0. The maximum atomic E-state index is 14.8. The predicted molar refractivity (Wildman–Crippen MR) is 168 cm³/mol. The molecule has 0 amide bonds. The zero-order chi connectivity index (χ0) is 32.3. The van der Waals surface area contributed by atoms with E-state index in [4.69, 9.17) is 9.73 Å². The fraction of sp³-hybridized carbons (Fsp3) is 0.531. The van der Waals surface area contributed by atoms with E-state index >= 15 is 0 Å². The van der Waals surface area contributed by atoms with Crippen molar-refractivity contribution in [3.63, 3.8) is 0 Å². The van der Waals surface area contributed by atoms with Crippen LogP contribution in [0.1, 0.15) is 55.8 Å². The van der Waals surface area contributed by atoms with E-state index in [-0.39, 0.29) is 24.6 Å². The summed E-state index contributed by atoms with van der Waals surface area (Å²) in [5.41, 5.74) is 1.05. The number of thiazole rings is 1. The number of hydrogen-bond acceptors (Lipinski definition) is 11. The molecule has 5 rings (SSSR count). The number of aliphatic carboxylic acids is 1. The van der Waals surface area contributed by atoms with Gasteiger partial charge in [-0.2, -0.15) is 5.26 Å². The standard InChI is InChI=1S/C32H40FN7O4S/c1-5-44-30(41)26-24(36-28(29-35-12-15-45-29)37-27(26)22-8-6-9-23(33)20(22)2)18-38-13-14-40-21(16-38)17-39(25(40)10-7-11-34)19-32(3,4)31(42)43/h6,8-9,12,15,21,25,27H,5,7,10,13-14,16-19H2,1-4H3,(H,36,37)(H,42,43)/t21?,25?,27-/m0/s1. The number of nitrogens with one attached hydrogen (secondary N) is 1. The van der Waals surface area contributed by atoms with E-state index in [2.05, 4.69) is 31.1 Å². The Bertz CT molecular complexity index is 1520. The number of nitriles is 1. The molecule has 0 aliphatic carbocycles. The number of carbonyl (C=O) groups excluding carboxylic acids is 1. The Morgan fingerprint density at radius 3 is 2.78 bits per heavy atom. The summed E-state index contributed by atoms with van der Waals surface area (Å²) in [7, 11) is 0. The Kier molecular flexibility index (Phi) is 9.98. The summed E-state index contributed by atoms with van der Waals surface area (Å²) in [6, 6.07) is 6.40. The Morgan fingerprint density at radius 2 is 2.09 bits per heavy atom. The average molecular weight is 638 g/mol. The van der Waals surface area contributed by atoms with Gasteiger partial charge in [0.25, 0.3) is 0 Å². The molecule has 0 bridgehead atoms. The zero-order valence-corrected chi connectivity index (χ0v) is 26.9. The number of ether oxygens (including phenoxy) is 1. The molecular weight excluding hydrogens is 597 g/mol. The van der Waals surface area contributed by atoms with Gasteiger partial charge in [-0.05, 0) is 51.3 Å². The number of halogens is 1. The van der Waals surface area contributed by atoms with Crippen molar-refractivity contribution in [3.05, 3.63) is 63.0 Å². The largest absolute Gasteiger partial charge is 0.481 e. The number of hydrogen-bond donors (Lipinski definition) is 2. The average Bonchev–Trinajstić information content (AvgIpc) is 3.65. The lowest BCUT2D eigenvalue weighted by Crippen LogP contribution is -2.54. The molecule has 3 aliphatic heterocycles. The predicted octanol–water partition coefficient (Wildman–Crippen LogP) is 3.54. The van der Waals surface area contributed by atoms with Crippen molar-refractivity contribution in [3.8, 4) is 6.07 Å². The minimum absolute atomic E-state index is 0.0125. The topological polar surface area (TPSA) is 134 Å². The zero-order valence-electron chi connectivity index (χ0n) is 26.1. The van der Waals surface area contributed by atoms with Gasteiger partial charge in [0.05, 0.1) is 29.8 Å². The van der Waals surface area contributed by atoms with Crippen LogP contribution in [-0.2, 0) is 14.3 Å². The second-order valence-corrected chi connectivity index (χ2v) is 13.2. The lowest BCUT2D eigenvalue weighted by Gasteiger charge is -2.41. The van der Waals surface area contributed by atoms with Gasteiger partial charge in [0.2, 0.25) is 0 Å². The third-order valence-corrected chi connectivity index (χ3v) is 9.58. The smallest absolute Gasteiger partial charge is 0.338 e. The Balaban J connectivity index is 1.46. The summed E-state index contributed by atoms with van der Waals surface area (Å²) >= 11 is 1.42. The molecule has 240 valence electrons. The molecule has 1 aromatic heterocycles. The van der Waals surface area contributed by atoms with Gasteiger partial charge in [-0.25, -0.2) is 14.2 Å². The number of carboxylic acids is 1. The Labute approximate surface area is 267 Å². The lowest BCUT2D eigenvalue weighted by atomic mass is 9.92. The lowest BCUT2D eigenvalue weighted by molar-refractivity contribution is -0.148. The van der Waals surface area contributed by atoms with Crippen molar-refractivity contribution in [2.75, 3.05) is 45.9 Å². The molecular formula is C32H40FN7O4S. The van der Waals surface area contributed by atoms with Crippen molar-refractivity contribution in [1.82, 2.24) is 25.0 Å². The van der Waals surface area contributed by atoms with Crippen LogP contribution < -0.4 is 5.32 Å². The molecule has 3 atom stereocenters. The fourth-order valence-corrected chi connectivity index (χ4v) is 7.10. The summed E-state index contributed by atoms with van der Waals surface area (Å²) in [6.45, 7) is 10.7. The fourth-order valence-electron chi connectivity index (χ4n) is 6.51. The number of aromatic nitrogens is 1. The van der Waals surface area contributed by atoms with E-state index in [1.165, 1.54) is 17.4 Å². The van der Waals surface area contributed by atoms with E-state index < -0.39 is 23.4 Å². The third kappa shape index (κ3) is 6.94. The van der Waals surface area contributed by atoms with Crippen LogP contribution in [0.5, 0.6) is 0 Å². The molecule has 45 heavy (non-hydrogen) atoms. The van der Waals surface area contributed by atoms with Gasteiger partial charge >= 0.3 is 11.9 Å². The van der Waals surface area contributed by atoms with Crippen LogP contribution in [-0.4, -0.2) is 101 Å². The number of benzene rings is 1. The minimum Gasteiger partial charge on any atom is -0.481 e. The highest BCUT2D eigenvalue weighted by Crippen LogP contribution is 2.36. The van der Waals surface area contributed by atoms with Crippen molar-refractivity contribution >= 4 is 29.1 Å². The van der Waals surface area contributed by atoms with Crippen LogP contribution in [0.2, 0.25) is 0 Å². The van der Waals surface area contributed by atoms with E-state index in [1.54, 1.807) is 46.0 Å². The second-order valence-electron chi connectivity index (χ2n) is 12.3. The molecule has 11 nitrogen and oxygen atoms in total. The number of carbonyl (C=O) groups is 2. The number of esters is 1. The van der Waals surface area contributed by atoms with Gasteiger partial charge in [-0.3, -0.25) is 24.5 Å². The molecule has 2 unspecified atom stereocenters. The second kappa shape index (κ2) is 13.7. The molecule has 13 heteroatoms. The first kappa shape index (κ1) is 32.7. The first-order chi connectivity index (χ1) is 21.5. The summed E-state index contributed by atoms with van der Waals surface area (Å²) in [6.07, 6.45) is 2.71. The van der Waals surface area contributed by atoms with Gasteiger partial charge in [0.1, 0.15) is 11.9 Å². The quantitative estimate of drug-likeness (QED) is 0.353. The van der Waals surface area contributed by atoms with Crippen LogP contribution in [0.3, 0.4) is 0 Å². The molecule has 4 heterocycles.